The van der Waals surface area contributed by atoms with E-state index in [4.69, 9.17) is 4.74 Å². The van der Waals surface area contributed by atoms with Crippen LogP contribution in [0.2, 0.25) is 0 Å². The van der Waals surface area contributed by atoms with E-state index >= 15 is 0 Å². The first-order valence-corrected chi connectivity index (χ1v) is 7.56. The van der Waals surface area contributed by atoms with Crippen LogP contribution in [0.5, 0.6) is 17.4 Å². The molecule has 2 aromatic rings. The average Bonchev–Trinajstić information content (AvgIpc) is 2.56. The van der Waals surface area contributed by atoms with E-state index in [2.05, 4.69) is 20.5 Å². The fourth-order valence-electron chi connectivity index (χ4n) is 2.17. The van der Waals surface area contributed by atoms with Gasteiger partial charge in [-0.1, -0.05) is 12.1 Å². The van der Waals surface area contributed by atoms with Crippen LogP contribution in [0.25, 0.3) is 0 Å². The van der Waals surface area contributed by atoms with Gasteiger partial charge in [-0.15, -0.1) is 4.91 Å². The summed E-state index contributed by atoms with van der Waals surface area (Å²) in [4.78, 5) is 29.4. The van der Waals surface area contributed by atoms with Crippen molar-refractivity contribution in [3.05, 3.63) is 53.1 Å². The second kappa shape index (κ2) is 8.61. The molecule has 1 N–H and O–H groups in total. The van der Waals surface area contributed by atoms with E-state index in [-0.39, 0.29) is 17.7 Å². The minimum absolute atomic E-state index is 0.0147. The molecule has 1 aromatic carbocycles. The van der Waals surface area contributed by atoms with Gasteiger partial charge < -0.3 is 14.9 Å². The van der Waals surface area contributed by atoms with Crippen molar-refractivity contribution in [1.82, 2.24) is 10.3 Å². The van der Waals surface area contributed by atoms with Crippen LogP contribution in [-0.2, 0) is 11.2 Å². The first kappa shape index (κ1) is 17.4. The van der Waals surface area contributed by atoms with E-state index in [1.54, 1.807) is 12.1 Å². The van der Waals surface area contributed by atoms with Crippen LogP contribution in [-0.4, -0.2) is 16.9 Å². The predicted octanol–water partition coefficient (Wildman–Crippen LogP) is 3.39. The Labute approximate surface area is 139 Å². The SMILES string of the molecule is CC(=O)N[C@@H](C)CCc1ccc(Oc2ccc(ON=O)cn2)cc1. The monoisotopic (exact) mass is 329 g/mol. The number of ether oxygens (including phenoxy) is 1. The molecule has 0 bridgehead atoms. The highest BCUT2D eigenvalue weighted by Crippen LogP contribution is 2.22. The van der Waals surface area contributed by atoms with E-state index in [9.17, 15) is 9.70 Å². The molecule has 24 heavy (non-hydrogen) atoms. The topological polar surface area (TPSA) is 89.9 Å². The molecule has 0 radical (unpaired) electrons. The molecule has 0 aliphatic heterocycles. The molecule has 0 saturated carbocycles. The number of hydrogen-bond acceptors (Lipinski definition) is 6. The number of aryl methyl sites for hydroxylation is 1. The molecule has 0 spiro atoms. The Balaban J connectivity index is 1.87. The summed E-state index contributed by atoms with van der Waals surface area (Å²) in [5.74, 6) is 1.28. The van der Waals surface area contributed by atoms with Crippen molar-refractivity contribution in [3.8, 4) is 17.4 Å². The maximum atomic E-state index is 11.0. The molecule has 0 fully saturated rings. The molecule has 7 heteroatoms. The van der Waals surface area contributed by atoms with Gasteiger partial charge in [0.05, 0.1) is 6.20 Å². The van der Waals surface area contributed by atoms with Crippen LogP contribution in [0.4, 0.5) is 0 Å². The number of rotatable bonds is 8. The molecule has 1 atom stereocenters. The van der Waals surface area contributed by atoms with E-state index in [1.165, 1.54) is 13.1 Å². The van der Waals surface area contributed by atoms with Gasteiger partial charge in [-0.25, -0.2) is 4.98 Å². The first-order valence-electron chi connectivity index (χ1n) is 7.56. The number of nitrogens with zero attached hydrogens (tertiary/aromatic N) is 2. The summed E-state index contributed by atoms with van der Waals surface area (Å²) in [6.07, 6.45) is 3.09. The Morgan fingerprint density at radius 1 is 1.21 bits per heavy atom. The Kier molecular flexibility index (Phi) is 6.24. The average molecular weight is 329 g/mol. The fourth-order valence-corrected chi connectivity index (χ4v) is 2.17. The third-order valence-electron chi connectivity index (χ3n) is 3.31. The zero-order valence-corrected chi connectivity index (χ0v) is 13.6. The first-order chi connectivity index (χ1) is 11.6. The van der Waals surface area contributed by atoms with Crippen LogP contribution in [0.1, 0.15) is 25.8 Å². The quantitative estimate of drug-likeness (QED) is 0.592. The van der Waals surface area contributed by atoms with E-state index in [0.29, 0.717) is 11.6 Å². The molecule has 1 amide bonds. The standard InChI is InChI=1S/C17H19N3O4/c1-12(19-13(2)21)3-4-14-5-7-15(8-6-14)23-17-10-9-16(11-18-17)24-20-22/h5-12H,3-4H2,1-2H3,(H,19,21)/t12-/m0/s1. The van der Waals surface area contributed by atoms with Crippen molar-refractivity contribution in [2.45, 2.75) is 32.7 Å². The smallest absolute Gasteiger partial charge is 0.219 e. The molecule has 2 rings (SSSR count). The lowest BCUT2D eigenvalue weighted by Gasteiger charge is -2.12. The number of amides is 1. The molecule has 1 aromatic heterocycles. The number of benzene rings is 1. The highest BCUT2D eigenvalue weighted by molar-refractivity contribution is 5.73. The third-order valence-corrected chi connectivity index (χ3v) is 3.31. The molecule has 0 saturated heterocycles. The maximum absolute atomic E-state index is 11.0. The molecule has 0 unspecified atom stereocenters. The van der Waals surface area contributed by atoms with Crippen LogP contribution < -0.4 is 14.9 Å². The largest absolute Gasteiger partial charge is 0.439 e. The molecule has 126 valence electrons. The van der Waals surface area contributed by atoms with Crippen molar-refractivity contribution < 1.29 is 14.4 Å². The summed E-state index contributed by atoms with van der Waals surface area (Å²) >= 11 is 0. The van der Waals surface area contributed by atoms with Crippen molar-refractivity contribution in [2.24, 2.45) is 5.34 Å². The van der Waals surface area contributed by atoms with Crippen LogP contribution in [0.15, 0.2) is 47.9 Å². The Bertz CT molecular complexity index is 671. The number of aromatic nitrogens is 1. The summed E-state index contributed by atoms with van der Waals surface area (Å²) in [5, 5.41) is 5.18. The van der Waals surface area contributed by atoms with Gasteiger partial charge in [0.1, 0.15) is 5.75 Å². The van der Waals surface area contributed by atoms with E-state index < -0.39 is 0 Å². The van der Waals surface area contributed by atoms with Crippen LogP contribution in [0.3, 0.4) is 0 Å². The highest BCUT2D eigenvalue weighted by atomic mass is 16.7. The second-order valence-electron chi connectivity index (χ2n) is 5.38. The normalized spacial score (nSPS) is 11.4. The number of carbonyl (C=O) groups excluding carboxylic acids is 1. The van der Waals surface area contributed by atoms with Gasteiger partial charge in [-0.3, -0.25) is 4.79 Å². The van der Waals surface area contributed by atoms with E-state index in [1.807, 2.05) is 31.2 Å². The lowest BCUT2D eigenvalue weighted by molar-refractivity contribution is -0.119. The Morgan fingerprint density at radius 2 is 1.92 bits per heavy atom. The lowest BCUT2D eigenvalue weighted by atomic mass is 10.1. The van der Waals surface area contributed by atoms with Crippen LogP contribution in [0, 0.1) is 4.91 Å². The Morgan fingerprint density at radius 3 is 2.50 bits per heavy atom. The van der Waals surface area contributed by atoms with Crippen molar-refractivity contribution in [1.29, 1.82) is 0 Å². The minimum atomic E-state index is -0.0147. The zero-order valence-electron chi connectivity index (χ0n) is 13.6. The van der Waals surface area contributed by atoms with Gasteiger partial charge in [0.25, 0.3) is 0 Å². The highest BCUT2D eigenvalue weighted by Gasteiger charge is 2.05. The summed E-state index contributed by atoms with van der Waals surface area (Å²) in [6, 6.07) is 10.9. The summed E-state index contributed by atoms with van der Waals surface area (Å²) in [7, 11) is 0. The molecular weight excluding hydrogens is 310 g/mol. The summed E-state index contributed by atoms with van der Waals surface area (Å²) in [5.41, 5.74) is 1.16. The minimum Gasteiger partial charge on any atom is -0.439 e. The van der Waals surface area contributed by atoms with Crippen molar-refractivity contribution >= 4 is 5.91 Å². The number of nitrogens with one attached hydrogen (secondary N) is 1. The molecule has 0 aliphatic carbocycles. The summed E-state index contributed by atoms with van der Waals surface area (Å²) < 4.78 is 5.61. The van der Waals surface area contributed by atoms with E-state index in [0.717, 1.165) is 18.4 Å². The number of hydrogen-bond donors (Lipinski definition) is 1. The maximum Gasteiger partial charge on any atom is 0.219 e. The van der Waals surface area contributed by atoms with Gasteiger partial charge in [0.2, 0.25) is 11.8 Å². The fraction of sp³-hybridized carbons (Fsp3) is 0.294. The molecule has 1 heterocycles. The lowest BCUT2D eigenvalue weighted by Crippen LogP contribution is -2.30. The molecule has 7 nitrogen and oxygen atoms in total. The van der Waals surface area contributed by atoms with Gasteiger partial charge >= 0.3 is 0 Å². The van der Waals surface area contributed by atoms with Gasteiger partial charge in [-0.05, 0) is 43.5 Å². The number of pyridine rings is 1. The van der Waals surface area contributed by atoms with Gasteiger partial charge in [0, 0.05) is 19.0 Å². The third kappa shape index (κ3) is 5.68. The van der Waals surface area contributed by atoms with Gasteiger partial charge in [-0.2, -0.15) is 0 Å². The van der Waals surface area contributed by atoms with Crippen molar-refractivity contribution in [2.75, 3.05) is 0 Å². The molecular formula is C17H19N3O4. The van der Waals surface area contributed by atoms with Crippen molar-refractivity contribution in [3.63, 3.8) is 0 Å². The summed E-state index contributed by atoms with van der Waals surface area (Å²) in [6.45, 7) is 3.50. The predicted molar refractivity (Wildman–Crippen MR) is 88.8 cm³/mol. The number of carbonyl (C=O) groups is 1. The Hall–Kier alpha value is -2.96. The zero-order chi connectivity index (χ0) is 17.4. The van der Waals surface area contributed by atoms with Crippen LogP contribution >= 0.6 is 0 Å². The van der Waals surface area contributed by atoms with Gasteiger partial charge in [0.15, 0.2) is 11.1 Å². The molecule has 0 aliphatic rings. The second-order valence-corrected chi connectivity index (χ2v) is 5.38.